The second kappa shape index (κ2) is 7.34. The van der Waals surface area contributed by atoms with Gasteiger partial charge in [-0.15, -0.1) is 0 Å². The molecule has 2 aromatic rings. The molecule has 1 N–H and O–H groups in total. The largest absolute Gasteiger partial charge is 0.457 e. The molecule has 4 rings (SSSR count). The fourth-order valence-electron chi connectivity index (χ4n) is 4.17. The summed E-state index contributed by atoms with van der Waals surface area (Å²) in [5.74, 6) is 0.194. The molecule has 1 aliphatic heterocycles. The molecule has 2 aliphatic rings. The molecule has 30 heavy (non-hydrogen) atoms. The van der Waals surface area contributed by atoms with Crippen molar-refractivity contribution in [2.45, 2.75) is 51.3 Å². The Morgan fingerprint density at radius 1 is 1.10 bits per heavy atom. The van der Waals surface area contributed by atoms with E-state index >= 15 is 0 Å². The minimum absolute atomic E-state index is 0.0928. The van der Waals surface area contributed by atoms with E-state index in [0.717, 1.165) is 36.5 Å². The Kier molecular flexibility index (Phi) is 4.95. The summed E-state index contributed by atoms with van der Waals surface area (Å²) < 4.78 is 50.3. The van der Waals surface area contributed by atoms with Gasteiger partial charge in [-0.25, -0.2) is 4.79 Å². The van der Waals surface area contributed by atoms with Gasteiger partial charge in [-0.2, -0.15) is 13.2 Å². The lowest BCUT2D eigenvalue weighted by molar-refractivity contribution is -0.138. The highest BCUT2D eigenvalue weighted by atomic mass is 19.4. The molecular formula is C22H20F3NO4. The molecule has 0 unspecified atom stereocenters. The molecule has 0 bridgehead atoms. The molecule has 8 heteroatoms. The third kappa shape index (κ3) is 3.74. The van der Waals surface area contributed by atoms with Crippen LogP contribution in [0.1, 0.15) is 46.6 Å². The van der Waals surface area contributed by atoms with Crippen molar-refractivity contribution in [3.8, 4) is 11.5 Å². The predicted octanol–water partition coefficient (Wildman–Crippen LogP) is 5.17. The van der Waals surface area contributed by atoms with Crippen molar-refractivity contribution >= 4 is 12.0 Å². The molecule has 5 nitrogen and oxygen atoms in total. The Balaban J connectivity index is 1.60. The zero-order chi connectivity index (χ0) is 21.6. The Labute approximate surface area is 171 Å². The predicted molar refractivity (Wildman–Crippen MR) is 102 cm³/mol. The zero-order valence-corrected chi connectivity index (χ0v) is 16.4. The van der Waals surface area contributed by atoms with Crippen LogP contribution in [0.15, 0.2) is 30.3 Å². The number of carbonyl (C=O) groups excluding carboxylic acids is 2. The van der Waals surface area contributed by atoms with E-state index in [1.165, 1.54) is 13.0 Å². The van der Waals surface area contributed by atoms with Crippen LogP contribution in [0.2, 0.25) is 0 Å². The number of fused-ring (bicyclic) bond motifs is 1. The number of alkyl halides is 3. The van der Waals surface area contributed by atoms with Crippen molar-refractivity contribution in [2.75, 3.05) is 0 Å². The second-order valence-corrected chi connectivity index (χ2v) is 7.71. The highest BCUT2D eigenvalue weighted by Crippen LogP contribution is 2.40. The smallest absolute Gasteiger partial charge is 0.416 e. The topological polar surface area (TPSA) is 64.6 Å². The summed E-state index contributed by atoms with van der Waals surface area (Å²) in [6, 6.07) is 7.87. The number of cyclic esters (lactones) is 1. The van der Waals surface area contributed by atoms with Crippen LogP contribution >= 0.6 is 0 Å². The van der Waals surface area contributed by atoms with Gasteiger partial charge in [0, 0.05) is 5.92 Å². The number of benzene rings is 2. The van der Waals surface area contributed by atoms with Crippen molar-refractivity contribution in [1.29, 1.82) is 0 Å². The third-order valence-corrected chi connectivity index (χ3v) is 5.61. The highest BCUT2D eigenvalue weighted by Gasteiger charge is 2.41. The van der Waals surface area contributed by atoms with E-state index in [4.69, 9.17) is 9.47 Å². The molecule has 158 valence electrons. The van der Waals surface area contributed by atoms with E-state index in [1.807, 2.05) is 12.1 Å². The van der Waals surface area contributed by atoms with E-state index < -0.39 is 29.8 Å². The van der Waals surface area contributed by atoms with Crippen LogP contribution in [0.3, 0.4) is 0 Å². The maximum Gasteiger partial charge on any atom is 0.416 e. The van der Waals surface area contributed by atoms with Crippen LogP contribution in [-0.4, -0.2) is 18.1 Å². The van der Waals surface area contributed by atoms with E-state index in [1.54, 1.807) is 13.0 Å². The molecule has 1 heterocycles. The highest BCUT2D eigenvalue weighted by molar-refractivity contribution is 6.00. The Morgan fingerprint density at radius 3 is 2.53 bits per heavy atom. The lowest BCUT2D eigenvalue weighted by atomic mass is 9.79. The van der Waals surface area contributed by atoms with Crippen LogP contribution in [0.5, 0.6) is 11.5 Å². The first-order valence-corrected chi connectivity index (χ1v) is 9.64. The number of hydrogen-bond acceptors (Lipinski definition) is 4. The lowest BCUT2D eigenvalue weighted by Gasteiger charge is -2.28. The minimum Gasteiger partial charge on any atom is -0.457 e. The van der Waals surface area contributed by atoms with E-state index in [9.17, 15) is 22.8 Å². The van der Waals surface area contributed by atoms with E-state index in [2.05, 4.69) is 5.32 Å². The van der Waals surface area contributed by atoms with Crippen LogP contribution in [0.25, 0.3) is 0 Å². The maximum atomic E-state index is 13.1. The van der Waals surface area contributed by atoms with Gasteiger partial charge in [0.25, 0.3) is 5.91 Å². The quantitative estimate of drug-likeness (QED) is 0.746. The van der Waals surface area contributed by atoms with Crippen molar-refractivity contribution in [1.82, 2.24) is 5.32 Å². The molecule has 1 fully saturated rings. The number of halogens is 3. The van der Waals surface area contributed by atoms with Gasteiger partial charge in [0.05, 0.1) is 5.56 Å². The molecule has 0 saturated carbocycles. The van der Waals surface area contributed by atoms with E-state index in [-0.39, 0.29) is 11.5 Å². The Morgan fingerprint density at radius 2 is 1.87 bits per heavy atom. The van der Waals surface area contributed by atoms with Gasteiger partial charge in [-0.3, -0.25) is 10.1 Å². The fraction of sp³-hybridized carbons (Fsp3) is 0.364. The van der Waals surface area contributed by atoms with Crippen molar-refractivity contribution < 1.29 is 32.2 Å². The van der Waals surface area contributed by atoms with Crippen LogP contribution in [0, 0.1) is 13.8 Å². The number of amides is 2. The van der Waals surface area contributed by atoms with Crippen LogP contribution in [0.4, 0.5) is 18.0 Å². The molecule has 0 aromatic heterocycles. The first-order valence-electron chi connectivity index (χ1n) is 9.64. The Hall–Kier alpha value is -3.03. The summed E-state index contributed by atoms with van der Waals surface area (Å²) in [6.45, 7) is 2.98. The first-order chi connectivity index (χ1) is 14.1. The normalized spacial score (nSPS) is 21.1. The maximum absolute atomic E-state index is 13.1. The lowest BCUT2D eigenvalue weighted by Crippen LogP contribution is -2.31. The fourth-order valence-corrected chi connectivity index (χ4v) is 4.17. The number of nitrogens with one attached hydrogen (secondary N) is 1. The van der Waals surface area contributed by atoms with Crippen molar-refractivity contribution in [2.24, 2.45) is 0 Å². The van der Waals surface area contributed by atoms with Gasteiger partial charge in [-0.05, 0) is 79.6 Å². The summed E-state index contributed by atoms with van der Waals surface area (Å²) in [5, 5.41) is 2.16. The number of ether oxygens (including phenoxy) is 2. The van der Waals surface area contributed by atoms with Gasteiger partial charge in [0.1, 0.15) is 11.5 Å². The monoisotopic (exact) mass is 419 g/mol. The first kappa shape index (κ1) is 20.3. The van der Waals surface area contributed by atoms with Gasteiger partial charge >= 0.3 is 12.3 Å². The summed E-state index contributed by atoms with van der Waals surface area (Å²) in [6.07, 6.45) is -3.68. The molecule has 0 spiro atoms. The van der Waals surface area contributed by atoms with Crippen LogP contribution in [-0.2, 0) is 22.1 Å². The number of alkyl carbamates (subject to hydrolysis) is 1. The summed E-state index contributed by atoms with van der Waals surface area (Å²) in [7, 11) is 0. The average Bonchev–Trinajstić information content (AvgIpc) is 3.00. The molecule has 1 aliphatic carbocycles. The number of aryl methyl sites for hydroxylation is 3. The molecule has 2 atom stereocenters. The number of imide groups is 1. The Bertz CT molecular complexity index is 1030. The van der Waals surface area contributed by atoms with Crippen molar-refractivity contribution in [3.63, 3.8) is 0 Å². The van der Waals surface area contributed by atoms with Gasteiger partial charge in [0.2, 0.25) is 0 Å². The molecule has 0 radical (unpaired) electrons. The van der Waals surface area contributed by atoms with Crippen LogP contribution < -0.4 is 10.1 Å². The van der Waals surface area contributed by atoms with Crippen molar-refractivity contribution in [3.05, 3.63) is 58.1 Å². The minimum atomic E-state index is -4.41. The third-order valence-electron chi connectivity index (χ3n) is 5.61. The van der Waals surface area contributed by atoms with Gasteiger partial charge < -0.3 is 9.47 Å². The number of hydrogen-bond donors (Lipinski definition) is 1. The second-order valence-electron chi connectivity index (χ2n) is 7.71. The zero-order valence-electron chi connectivity index (χ0n) is 16.4. The van der Waals surface area contributed by atoms with E-state index in [0.29, 0.717) is 17.1 Å². The molecule has 2 aromatic carbocycles. The summed E-state index contributed by atoms with van der Waals surface area (Å²) in [4.78, 5) is 23.4. The summed E-state index contributed by atoms with van der Waals surface area (Å²) >= 11 is 0. The molecular weight excluding hydrogens is 399 g/mol. The summed E-state index contributed by atoms with van der Waals surface area (Å²) in [5.41, 5.74) is 1.70. The number of carbonyl (C=O) groups is 2. The standard InChI is InChI=1S/C22H20F3NO4/c1-11-9-18(12(2)8-17(11)22(23,24)25)29-14-6-7-15-13(10-14)4-3-5-16(15)19-20(27)26-21(28)30-19/h6-10,16,19H,3-5H2,1-2H3,(H,26,27,28)/t16-,19+/m1/s1. The van der Waals surface area contributed by atoms with Gasteiger partial charge in [-0.1, -0.05) is 6.07 Å². The SMILES string of the molecule is Cc1cc(C(F)(F)F)c(C)cc1Oc1ccc2c(c1)CCC[C@H]2[C@@H]1OC(=O)NC1=O. The molecule has 2 amide bonds. The van der Waals surface area contributed by atoms with Gasteiger partial charge in [0.15, 0.2) is 6.10 Å². The average molecular weight is 419 g/mol. The molecule has 1 saturated heterocycles. The number of rotatable bonds is 3.